The molecule has 0 saturated carbocycles. The van der Waals surface area contributed by atoms with Crippen molar-refractivity contribution in [3.05, 3.63) is 41.0 Å². The Bertz CT molecular complexity index is 760. The van der Waals surface area contributed by atoms with E-state index in [4.69, 9.17) is 9.47 Å². The molecule has 23 heavy (non-hydrogen) atoms. The predicted octanol–water partition coefficient (Wildman–Crippen LogP) is 3.24. The highest BCUT2D eigenvalue weighted by molar-refractivity contribution is 5.85. The van der Waals surface area contributed by atoms with Crippen LogP contribution in [0.3, 0.4) is 0 Å². The molecule has 0 radical (unpaired) electrons. The van der Waals surface area contributed by atoms with Crippen molar-refractivity contribution in [3.63, 3.8) is 0 Å². The van der Waals surface area contributed by atoms with Crippen molar-refractivity contribution in [3.8, 4) is 28.4 Å². The van der Waals surface area contributed by atoms with E-state index in [0.29, 0.717) is 6.04 Å². The molecular formula is C18H20ClNO3. The molecular weight excluding hydrogens is 314 g/mol. The first-order valence-corrected chi connectivity index (χ1v) is 7.56. The van der Waals surface area contributed by atoms with Crippen molar-refractivity contribution in [2.75, 3.05) is 20.8 Å². The van der Waals surface area contributed by atoms with Crippen molar-refractivity contribution in [1.82, 2.24) is 5.32 Å². The van der Waals surface area contributed by atoms with Crippen molar-refractivity contribution in [2.45, 2.75) is 18.9 Å². The lowest BCUT2D eigenvalue weighted by atomic mass is 9.77. The predicted molar refractivity (Wildman–Crippen MR) is 92.0 cm³/mol. The van der Waals surface area contributed by atoms with Gasteiger partial charge in [-0.25, -0.2) is 0 Å². The van der Waals surface area contributed by atoms with E-state index in [1.165, 1.54) is 16.7 Å². The fourth-order valence-corrected chi connectivity index (χ4v) is 3.79. The first kappa shape index (κ1) is 16.0. The molecule has 0 fully saturated rings. The average molecular weight is 334 g/mol. The number of phenolic OH excluding ortho intramolecular Hbond substituents is 1. The van der Waals surface area contributed by atoms with E-state index in [-0.39, 0.29) is 18.2 Å². The number of methoxy groups -OCH3 is 2. The maximum absolute atomic E-state index is 9.92. The van der Waals surface area contributed by atoms with E-state index in [9.17, 15) is 5.11 Å². The number of aromatic hydroxyl groups is 1. The second-order valence-corrected chi connectivity index (χ2v) is 5.86. The lowest BCUT2D eigenvalue weighted by Crippen LogP contribution is -2.33. The number of benzene rings is 2. The highest BCUT2D eigenvalue weighted by Gasteiger charge is 2.33. The summed E-state index contributed by atoms with van der Waals surface area (Å²) < 4.78 is 11.2. The standard InChI is InChI=1S/C18H19NO3.ClH/c1-21-15-8-11-5-6-19-14-7-10-3-4-12(20)9-13(10)17(16(11)14)18(15)22-2;/h3-4,8-9,14,19-20H,5-7H2,1-2H3;1H/t14-;/m1./s1. The molecule has 1 aliphatic heterocycles. The van der Waals surface area contributed by atoms with Crippen LogP contribution in [0.1, 0.15) is 22.7 Å². The third kappa shape index (κ3) is 2.33. The largest absolute Gasteiger partial charge is 0.508 e. The second-order valence-electron chi connectivity index (χ2n) is 5.86. The molecule has 4 nitrogen and oxygen atoms in total. The van der Waals surface area contributed by atoms with Gasteiger partial charge in [-0.3, -0.25) is 0 Å². The maximum atomic E-state index is 9.92. The minimum Gasteiger partial charge on any atom is -0.508 e. The molecule has 4 rings (SSSR count). The van der Waals surface area contributed by atoms with Crippen LogP contribution in [0.25, 0.3) is 11.1 Å². The third-order valence-electron chi connectivity index (χ3n) is 4.72. The lowest BCUT2D eigenvalue weighted by Gasteiger charge is -2.35. The van der Waals surface area contributed by atoms with E-state index in [1.54, 1.807) is 20.3 Å². The molecule has 0 spiro atoms. The SMILES string of the molecule is COc1cc2c3c(c1OC)-c1cc(O)ccc1C[C@H]3NCC2.Cl. The van der Waals surface area contributed by atoms with E-state index in [1.807, 2.05) is 12.1 Å². The van der Waals surface area contributed by atoms with Crippen LogP contribution in [0.4, 0.5) is 0 Å². The number of ether oxygens (including phenoxy) is 2. The summed E-state index contributed by atoms with van der Waals surface area (Å²) in [4.78, 5) is 0. The fraction of sp³-hybridized carbons (Fsp3) is 0.333. The highest BCUT2D eigenvalue weighted by atomic mass is 35.5. The number of halogens is 1. The molecule has 0 aromatic heterocycles. The average Bonchev–Trinajstić information content (AvgIpc) is 2.55. The molecule has 2 aromatic carbocycles. The Hall–Kier alpha value is -1.91. The van der Waals surface area contributed by atoms with Crippen LogP contribution in [0.2, 0.25) is 0 Å². The van der Waals surface area contributed by atoms with Gasteiger partial charge in [-0.15, -0.1) is 12.4 Å². The van der Waals surface area contributed by atoms with Gasteiger partial charge in [0, 0.05) is 11.6 Å². The summed E-state index contributed by atoms with van der Waals surface area (Å²) in [6.45, 7) is 0.972. The van der Waals surface area contributed by atoms with Gasteiger partial charge in [0.05, 0.1) is 14.2 Å². The molecule has 2 N–H and O–H groups in total. The van der Waals surface area contributed by atoms with Gasteiger partial charge in [0.15, 0.2) is 11.5 Å². The Balaban J connectivity index is 0.00000156. The Morgan fingerprint density at radius 1 is 1.13 bits per heavy atom. The van der Waals surface area contributed by atoms with Gasteiger partial charge in [-0.1, -0.05) is 6.07 Å². The van der Waals surface area contributed by atoms with Crippen LogP contribution in [-0.2, 0) is 12.8 Å². The molecule has 1 heterocycles. The summed E-state index contributed by atoms with van der Waals surface area (Å²) in [6.07, 6.45) is 1.92. The molecule has 2 aliphatic rings. The summed E-state index contributed by atoms with van der Waals surface area (Å²) >= 11 is 0. The number of fused-ring (bicyclic) bond motifs is 2. The third-order valence-corrected chi connectivity index (χ3v) is 4.72. The zero-order valence-electron chi connectivity index (χ0n) is 13.2. The number of rotatable bonds is 2. The van der Waals surface area contributed by atoms with Gasteiger partial charge in [0.25, 0.3) is 0 Å². The fourth-order valence-electron chi connectivity index (χ4n) is 3.79. The molecule has 0 amide bonds. The summed E-state index contributed by atoms with van der Waals surface area (Å²) in [7, 11) is 3.34. The molecule has 122 valence electrons. The van der Waals surface area contributed by atoms with Gasteiger partial charge >= 0.3 is 0 Å². The first-order valence-electron chi connectivity index (χ1n) is 7.56. The Labute approximate surface area is 141 Å². The number of phenols is 1. The van der Waals surface area contributed by atoms with Crippen molar-refractivity contribution >= 4 is 12.4 Å². The van der Waals surface area contributed by atoms with E-state index >= 15 is 0 Å². The van der Waals surface area contributed by atoms with E-state index < -0.39 is 0 Å². The Kier molecular flexibility index (Phi) is 4.13. The molecule has 2 aromatic rings. The van der Waals surface area contributed by atoms with Gasteiger partial charge in [-0.05, 0) is 59.8 Å². The van der Waals surface area contributed by atoms with Crippen LogP contribution in [0.5, 0.6) is 17.2 Å². The van der Waals surface area contributed by atoms with Gasteiger partial charge in [-0.2, -0.15) is 0 Å². The molecule has 0 unspecified atom stereocenters. The Morgan fingerprint density at radius 3 is 2.70 bits per heavy atom. The summed E-state index contributed by atoms with van der Waals surface area (Å²) in [6, 6.07) is 7.98. The highest BCUT2D eigenvalue weighted by Crippen LogP contribution is 2.51. The molecule has 5 heteroatoms. The van der Waals surface area contributed by atoms with Crippen LogP contribution in [-0.4, -0.2) is 25.9 Å². The van der Waals surface area contributed by atoms with E-state index in [2.05, 4.69) is 11.4 Å². The monoisotopic (exact) mass is 333 g/mol. The minimum absolute atomic E-state index is 0. The lowest BCUT2D eigenvalue weighted by molar-refractivity contribution is 0.353. The second kappa shape index (κ2) is 5.95. The smallest absolute Gasteiger partial charge is 0.168 e. The van der Waals surface area contributed by atoms with Crippen molar-refractivity contribution < 1.29 is 14.6 Å². The molecule has 1 atom stereocenters. The quantitative estimate of drug-likeness (QED) is 0.886. The van der Waals surface area contributed by atoms with Crippen LogP contribution >= 0.6 is 12.4 Å². The summed E-state index contributed by atoms with van der Waals surface area (Å²) in [5.74, 6) is 1.79. The minimum atomic E-state index is 0. The van der Waals surface area contributed by atoms with Crippen molar-refractivity contribution in [2.24, 2.45) is 0 Å². The normalized spacial score (nSPS) is 17.6. The van der Waals surface area contributed by atoms with Gasteiger partial charge in [0.1, 0.15) is 5.75 Å². The Morgan fingerprint density at radius 2 is 1.96 bits per heavy atom. The van der Waals surface area contributed by atoms with Crippen LogP contribution in [0.15, 0.2) is 24.3 Å². The van der Waals surface area contributed by atoms with Gasteiger partial charge < -0.3 is 19.9 Å². The number of hydrogen-bond acceptors (Lipinski definition) is 4. The molecule has 0 bridgehead atoms. The summed E-state index contributed by atoms with van der Waals surface area (Å²) in [5.41, 5.74) is 5.94. The van der Waals surface area contributed by atoms with Gasteiger partial charge in [0.2, 0.25) is 0 Å². The first-order chi connectivity index (χ1) is 10.7. The number of nitrogens with one attached hydrogen (secondary N) is 1. The van der Waals surface area contributed by atoms with E-state index in [0.717, 1.165) is 42.0 Å². The van der Waals surface area contributed by atoms with Crippen LogP contribution in [0, 0.1) is 0 Å². The number of hydrogen-bond donors (Lipinski definition) is 2. The summed E-state index contributed by atoms with van der Waals surface area (Å²) in [5, 5.41) is 13.5. The zero-order valence-corrected chi connectivity index (χ0v) is 14.0. The maximum Gasteiger partial charge on any atom is 0.168 e. The topological polar surface area (TPSA) is 50.7 Å². The molecule has 0 saturated heterocycles. The van der Waals surface area contributed by atoms with Crippen molar-refractivity contribution in [1.29, 1.82) is 0 Å². The molecule has 1 aliphatic carbocycles. The zero-order chi connectivity index (χ0) is 15.3. The van der Waals surface area contributed by atoms with Crippen LogP contribution < -0.4 is 14.8 Å².